The van der Waals surface area contributed by atoms with E-state index in [4.69, 9.17) is 0 Å². The molecule has 2 aromatic carbocycles. The van der Waals surface area contributed by atoms with Crippen LogP contribution in [0.15, 0.2) is 42.5 Å². The van der Waals surface area contributed by atoms with Gasteiger partial charge in [-0.3, -0.25) is 10.1 Å². The van der Waals surface area contributed by atoms with Crippen molar-refractivity contribution in [2.24, 2.45) is 0 Å². The lowest BCUT2D eigenvalue weighted by molar-refractivity contribution is -0.384. The van der Waals surface area contributed by atoms with Crippen molar-refractivity contribution in [3.63, 3.8) is 0 Å². The van der Waals surface area contributed by atoms with E-state index < -0.39 is 34.4 Å². The third kappa shape index (κ3) is 3.56. The zero-order valence-electron chi connectivity index (χ0n) is 11.7. The lowest BCUT2D eigenvalue weighted by atomic mass is 10.0. The SMILES string of the molecule is CC(Nc1ccc(F)cc1[N+](=O)[O-])C(O)c1ccc(F)cc1. The van der Waals surface area contributed by atoms with Gasteiger partial charge in [0.05, 0.1) is 23.1 Å². The highest BCUT2D eigenvalue weighted by Gasteiger charge is 2.21. The van der Waals surface area contributed by atoms with Crippen molar-refractivity contribution in [2.45, 2.75) is 19.1 Å². The molecule has 0 saturated heterocycles. The number of nitro benzene ring substituents is 1. The summed E-state index contributed by atoms with van der Waals surface area (Å²) in [6.07, 6.45) is -1.01. The lowest BCUT2D eigenvalue weighted by Gasteiger charge is -2.21. The van der Waals surface area contributed by atoms with Crippen LogP contribution in [0, 0.1) is 21.7 Å². The molecule has 5 nitrogen and oxygen atoms in total. The number of aliphatic hydroxyl groups is 1. The van der Waals surface area contributed by atoms with Crippen molar-refractivity contribution in [1.82, 2.24) is 0 Å². The summed E-state index contributed by atoms with van der Waals surface area (Å²) in [7, 11) is 0. The Balaban J connectivity index is 2.19. The van der Waals surface area contributed by atoms with Gasteiger partial charge in [-0.05, 0) is 36.8 Å². The molecule has 7 heteroatoms. The molecule has 0 fully saturated rings. The zero-order valence-corrected chi connectivity index (χ0v) is 11.7. The molecule has 0 spiro atoms. The van der Waals surface area contributed by atoms with Crippen LogP contribution in [-0.2, 0) is 0 Å². The van der Waals surface area contributed by atoms with E-state index in [1.807, 2.05) is 0 Å². The van der Waals surface area contributed by atoms with Gasteiger partial charge in [-0.15, -0.1) is 0 Å². The third-order valence-corrected chi connectivity index (χ3v) is 3.22. The van der Waals surface area contributed by atoms with Gasteiger partial charge in [0.15, 0.2) is 0 Å². The predicted molar refractivity (Wildman–Crippen MR) is 77.5 cm³/mol. The Bertz CT molecular complexity index is 677. The number of hydrogen-bond donors (Lipinski definition) is 2. The van der Waals surface area contributed by atoms with Gasteiger partial charge in [-0.25, -0.2) is 8.78 Å². The second-order valence-electron chi connectivity index (χ2n) is 4.85. The molecule has 0 aromatic heterocycles. The molecule has 2 rings (SSSR count). The molecule has 0 amide bonds. The van der Waals surface area contributed by atoms with Gasteiger partial charge in [-0.1, -0.05) is 12.1 Å². The largest absolute Gasteiger partial charge is 0.386 e. The molecule has 116 valence electrons. The van der Waals surface area contributed by atoms with Gasteiger partial charge in [0.25, 0.3) is 5.69 Å². The Morgan fingerprint density at radius 3 is 2.32 bits per heavy atom. The molecule has 2 unspecified atom stereocenters. The molecule has 0 aliphatic rings. The van der Waals surface area contributed by atoms with E-state index in [-0.39, 0.29) is 5.69 Å². The van der Waals surface area contributed by atoms with Crippen LogP contribution in [-0.4, -0.2) is 16.1 Å². The molecule has 2 aromatic rings. The summed E-state index contributed by atoms with van der Waals surface area (Å²) in [6.45, 7) is 1.61. The molecule has 0 bridgehead atoms. The maximum Gasteiger partial charge on any atom is 0.295 e. The van der Waals surface area contributed by atoms with Crippen molar-refractivity contribution in [3.8, 4) is 0 Å². The van der Waals surface area contributed by atoms with Crippen molar-refractivity contribution in [3.05, 3.63) is 69.8 Å². The third-order valence-electron chi connectivity index (χ3n) is 3.22. The average molecular weight is 308 g/mol. The van der Waals surface area contributed by atoms with Crippen LogP contribution in [0.25, 0.3) is 0 Å². The second kappa shape index (κ2) is 6.48. The fourth-order valence-corrected chi connectivity index (χ4v) is 2.05. The summed E-state index contributed by atoms with van der Waals surface area (Å²) >= 11 is 0. The molecule has 2 atom stereocenters. The molecule has 0 saturated carbocycles. The highest BCUT2D eigenvalue weighted by atomic mass is 19.1. The minimum atomic E-state index is -1.01. The summed E-state index contributed by atoms with van der Waals surface area (Å²) in [5, 5.41) is 23.9. The molecular formula is C15H14F2N2O3. The lowest BCUT2D eigenvalue weighted by Crippen LogP contribution is -2.24. The molecule has 0 heterocycles. The maximum absolute atomic E-state index is 13.1. The van der Waals surface area contributed by atoms with E-state index >= 15 is 0 Å². The molecule has 0 aliphatic heterocycles. The van der Waals surface area contributed by atoms with Crippen molar-refractivity contribution < 1.29 is 18.8 Å². The van der Waals surface area contributed by atoms with Crippen LogP contribution in [0.5, 0.6) is 0 Å². The van der Waals surface area contributed by atoms with Crippen LogP contribution < -0.4 is 5.32 Å². The number of nitrogens with one attached hydrogen (secondary N) is 1. The Hall–Kier alpha value is -2.54. The smallest absolute Gasteiger partial charge is 0.295 e. The standard InChI is InChI=1S/C15H14F2N2O3/c1-9(15(20)10-2-4-11(16)5-3-10)18-13-7-6-12(17)8-14(13)19(21)22/h2-9,15,18,20H,1H3. The molecule has 0 aliphatic carbocycles. The molecule has 2 N–H and O–H groups in total. The van der Waals surface area contributed by atoms with Crippen LogP contribution >= 0.6 is 0 Å². The summed E-state index contributed by atoms with van der Waals surface area (Å²) in [5.74, 6) is -1.14. The normalized spacial score (nSPS) is 13.5. The summed E-state index contributed by atoms with van der Waals surface area (Å²) in [4.78, 5) is 10.2. The van der Waals surface area contributed by atoms with E-state index in [1.54, 1.807) is 6.92 Å². The zero-order chi connectivity index (χ0) is 16.3. The van der Waals surface area contributed by atoms with E-state index in [9.17, 15) is 24.0 Å². The molecule has 0 radical (unpaired) electrons. The first-order valence-electron chi connectivity index (χ1n) is 6.52. The van der Waals surface area contributed by atoms with Crippen LogP contribution in [0.3, 0.4) is 0 Å². The Kier molecular flexibility index (Phi) is 4.67. The van der Waals surface area contributed by atoms with E-state index in [1.165, 1.54) is 30.3 Å². The Labute approximate surface area is 125 Å². The first-order valence-corrected chi connectivity index (χ1v) is 6.52. The van der Waals surface area contributed by atoms with Crippen molar-refractivity contribution >= 4 is 11.4 Å². The maximum atomic E-state index is 13.1. The molecule has 22 heavy (non-hydrogen) atoms. The quantitative estimate of drug-likeness (QED) is 0.655. The minimum Gasteiger partial charge on any atom is -0.386 e. The van der Waals surface area contributed by atoms with Crippen LogP contribution in [0.2, 0.25) is 0 Å². The fourth-order valence-electron chi connectivity index (χ4n) is 2.05. The number of nitro groups is 1. The van der Waals surface area contributed by atoms with Gasteiger partial charge < -0.3 is 10.4 Å². The topological polar surface area (TPSA) is 75.4 Å². The van der Waals surface area contributed by atoms with Gasteiger partial charge in [-0.2, -0.15) is 0 Å². The van der Waals surface area contributed by atoms with Gasteiger partial charge >= 0.3 is 0 Å². The number of halogens is 2. The number of nitrogens with zero attached hydrogens (tertiary/aromatic N) is 1. The van der Waals surface area contributed by atoms with Crippen molar-refractivity contribution in [1.29, 1.82) is 0 Å². The highest BCUT2D eigenvalue weighted by Crippen LogP contribution is 2.28. The molecular weight excluding hydrogens is 294 g/mol. The van der Waals surface area contributed by atoms with Gasteiger partial charge in [0.1, 0.15) is 17.3 Å². The van der Waals surface area contributed by atoms with Crippen molar-refractivity contribution in [2.75, 3.05) is 5.32 Å². The number of anilines is 1. The Morgan fingerprint density at radius 1 is 1.14 bits per heavy atom. The number of benzene rings is 2. The first kappa shape index (κ1) is 15.8. The van der Waals surface area contributed by atoms with Crippen LogP contribution in [0.4, 0.5) is 20.2 Å². The summed E-state index contributed by atoms with van der Waals surface area (Å²) in [6, 6.07) is 7.81. The van der Waals surface area contributed by atoms with Gasteiger partial charge in [0.2, 0.25) is 0 Å². The highest BCUT2D eigenvalue weighted by molar-refractivity contribution is 5.62. The summed E-state index contributed by atoms with van der Waals surface area (Å²) in [5.41, 5.74) is 0.143. The average Bonchev–Trinajstić information content (AvgIpc) is 2.48. The van der Waals surface area contributed by atoms with Crippen LogP contribution in [0.1, 0.15) is 18.6 Å². The van der Waals surface area contributed by atoms with E-state index in [2.05, 4.69) is 5.32 Å². The monoisotopic (exact) mass is 308 g/mol. The minimum absolute atomic E-state index is 0.0973. The van der Waals surface area contributed by atoms with Gasteiger partial charge in [0, 0.05) is 0 Å². The number of aliphatic hydroxyl groups excluding tert-OH is 1. The Morgan fingerprint density at radius 2 is 1.73 bits per heavy atom. The summed E-state index contributed by atoms with van der Waals surface area (Å²) < 4.78 is 26.0. The fraction of sp³-hybridized carbons (Fsp3) is 0.200. The number of hydrogen-bond acceptors (Lipinski definition) is 4. The first-order chi connectivity index (χ1) is 10.4. The van der Waals surface area contributed by atoms with E-state index in [0.29, 0.717) is 5.56 Å². The second-order valence-corrected chi connectivity index (χ2v) is 4.85. The van der Waals surface area contributed by atoms with E-state index in [0.717, 1.165) is 12.1 Å². The predicted octanol–water partition coefficient (Wildman–Crippen LogP) is 3.41. The number of rotatable bonds is 5.